The molecule has 3 heteroatoms. The van der Waals surface area contributed by atoms with Gasteiger partial charge < -0.3 is 10.6 Å². The quantitative estimate of drug-likeness (QED) is 0.636. The Labute approximate surface area is 96.0 Å². The molecule has 1 spiro atoms. The first-order valence-electron chi connectivity index (χ1n) is 6.17. The highest BCUT2D eigenvalue weighted by Gasteiger charge is 2.46. The summed E-state index contributed by atoms with van der Waals surface area (Å²) in [5.74, 6) is 1.14. The number of hydrogen-bond donors (Lipinski definition) is 2. The molecule has 3 nitrogen and oxygen atoms in total. The van der Waals surface area contributed by atoms with Crippen LogP contribution in [0.1, 0.15) is 19.3 Å². The van der Waals surface area contributed by atoms with Crippen LogP contribution in [-0.4, -0.2) is 24.5 Å². The largest absolute Gasteiger partial charge is 0.350 e. The normalized spacial score (nSPS) is 35.9. The van der Waals surface area contributed by atoms with Gasteiger partial charge >= 0.3 is 0 Å². The number of carbonyl (C=O) groups excluding carboxylic acids is 1. The predicted octanol–water partition coefficient (Wildman–Crippen LogP) is 0.987. The van der Waals surface area contributed by atoms with Crippen LogP contribution in [0.25, 0.3) is 0 Å². The third-order valence-electron chi connectivity index (χ3n) is 4.19. The van der Waals surface area contributed by atoms with Gasteiger partial charge in [-0.25, -0.2) is 0 Å². The van der Waals surface area contributed by atoms with E-state index < -0.39 is 0 Å². The molecule has 0 aromatic rings. The average Bonchev–Trinajstić information content (AvgIpc) is 2.30. The average molecular weight is 218 g/mol. The number of amides is 1. The maximum absolute atomic E-state index is 11.8. The first kappa shape index (κ1) is 10.1. The van der Waals surface area contributed by atoms with Crippen molar-refractivity contribution in [2.75, 3.05) is 13.1 Å². The highest BCUT2D eigenvalue weighted by molar-refractivity contribution is 5.79. The van der Waals surface area contributed by atoms with Crippen molar-refractivity contribution in [3.63, 3.8) is 0 Å². The van der Waals surface area contributed by atoms with Crippen molar-refractivity contribution in [1.82, 2.24) is 10.6 Å². The maximum atomic E-state index is 11.8. The molecule has 2 unspecified atom stereocenters. The van der Waals surface area contributed by atoms with E-state index in [9.17, 15) is 4.79 Å². The van der Waals surface area contributed by atoms with E-state index in [4.69, 9.17) is 0 Å². The first-order chi connectivity index (χ1) is 7.80. The van der Waals surface area contributed by atoms with Crippen LogP contribution >= 0.6 is 0 Å². The van der Waals surface area contributed by atoms with Crippen LogP contribution in [0, 0.1) is 11.8 Å². The minimum atomic E-state index is 0.0203. The van der Waals surface area contributed by atoms with Gasteiger partial charge in [0.15, 0.2) is 0 Å². The van der Waals surface area contributed by atoms with Gasteiger partial charge in [0, 0.05) is 17.9 Å². The van der Waals surface area contributed by atoms with Gasteiger partial charge in [-0.15, -0.1) is 0 Å². The molecule has 0 radical (unpaired) electrons. The van der Waals surface area contributed by atoms with Crippen molar-refractivity contribution >= 4 is 5.91 Å². The second-order valence-corrected chi connectivity index (χ2v) is 5.12. The van der Waals surface area contributed by atoms with Crippen molar-refractivity contribution in [2.45, 2.75) is 24.8 Å². The minimum absolute atomic E-state index is 0.0203. The highest BCUT2D eigenvalue weighted by atomic mass is 16.1. The van der Waals surface area contributed by atoms with Gasteiger partial charge in [-0.05, 0) is 31.8 Å². The van der Waals surface area contributed by atoms with Gasteiger partial charge in [0.05, 0.1) is 0 Å². The van der Waals surface area contributed by atoms with E-state index in [1.807, 2.05) is 0 Å². The van der Waals surface area contributed by atoms with Crippen molar-refractivity contribution in [1.29, 1.82) is 0 Å². The van der Waals surface area contributed by atoms with Crippen molar-refractivity contribution in [3.05, 3.63) is 24.3 Å². The van der Waals surface area contributed by atoms with Crippen LogP contribution in [0.15, 0.2) is 24.3 Å². The molecule has 2 heterocycles. The summed E-state index contributed by atoms with van der Waals surface area (Å²) >= 11 is 0. The number of carbonyl (C=O) groups is 1. The number of hydrogen-bond acceptors (Lipinski definition) is 2. The van der Waals surface area contributed by atoms with Crippen LogP contribution in [0.5, 0.6) is 0 Å². The number of allylic oxidation sites excluding steroid dienone is 3. The molecule has 0 aromatic carbocycles. The molecule has 1 aliphatic carbocycles. The van der Waals surface area contributed by atoms with Gasteiger partial charge in [0.1, 0.15) is 0 Å². The molecule has 0 aromatic heterocycles. The van der Waals surface area contributed by atoms with Gasteiger partial charge in [0.2, 0.25) is 5.91 Å². The molecule has 2 N–H and O–H groups in total. The number of rotatable bonds is 0. The Hall–Kier alpha value is -1.09. The van der Waals surface area contributed by atoms with E-state index >= 15 is 0 Å². The van der Waals surface area contributed by atoms with E-state index in [0.29, 0.717) is 18.3 Å². The lowest BCUT2D eigenvalue weighted by Gasteiger charge is -2.49. The van der Waals surface area contributed by atoms with Crippen molar-refractivity contribution in [3.8, 4) is 0 Å². The Morgan fingerprint density at radius 2 is 1.94 bits per heavy atom. The number of piperidine rings is 2. The van der Waals surface area contributed by atoms with Crippen LogP contribution in [-0.2, 0) is 4.79 Å². The summed E-state index contributed by atoms with van der Waals surface area (Å²) < 4.78 is 0. The van der Waals surface area contributed by atoms with E-state index in [1.165, 1.54) is 0 Å². The third-order valence-corrected chi connectivity index (χ3v) is 4.19. The molecule has 2 saturated heterocycles. The summed E-state index contributed by atoms with van der Waals surface area (Å²) in [5, 5.41) is 6.64. The van der Waals surface area contributed by atoms with Crippen LogP contribution in [0.2, 0.25) is 0 Å². The zero-order valence-corrected chi connectivity index (χ0v) is 9.41. The molecule has 2 fully saturated rings. The lowest BCUT2D eigenvalue weighted by atomic mass is 9.66. The summed E-state index contributed by atoms with van der Waals surface area (Å²) in [6, 6.07) is 0. The molecule has 0 saturated carbocycles. The molecule has 86 valence electrons. The van der Waals surface area contributed by atoms with Crippen LogP contribution in [0.3, 0.4) is 0 Å². The molecule has 3 aliphatic rings. The Bertz CT molecular complexity index is 353. The Morgan fingerprint density at radius 1 is 1.19 bits per heavy atom. The third kappa shape index (κ3) is 1.50. The highest BCUT2D eigenvalue weighted by Crippen LogP contribution is 2.40. The van der Waals surface area contributed by atoms with Crippen LogP contribution in [0.4, 0.5) is 0 Å². The molecule has 2 aliphatic heterocycles. The Morgan fingerprint density at radius 3 is 2.75 bits per heavy atom. The number of nitrogens with one attached hydrogen (secondary N) is 2. The Balaban J connectivity index is 1.92. The SMILES string of the molecule is O=C1CC2C=CC=CC2C2(CCNCC2)N1. The zero-order chi connectivity index (χ0) is 11.0. The summed E-state index contributed by atoms with van der Waals surface area (Å²) in [6.07, 6.45) is 11.5. The standard InChI is InChI=1S/C13H18N2O/c16-12-9-10-3-1-2-4-11(10)13(15-12)5-7-14-8-6-13/h1-4,10-11,14H,5-9H2,(H,15,16). The lowest BCUT2D eigenvalue weighted by molar-refractivity contribution is -0.128. The van der Waals surface area contributed by atoms with E-state index in [0.717, 1.165) is 25.9 Å². The van der Waals surface area contributed by atoms with E-state index in [1.54, 1.807) is 0 Å². The van der Waals surface area contributed by atoms with Gasteiger partial charge in [-0.1, -0.05) is 24.3 Å². The summed E-state index contributed by atoms with van der Waals surface area (Å²) in [6.45, 7) is 2.03. The van der Waals surface area contributed by atoms with Crippen LogP contribution < -0.4 is 10.6 Å². The van der Waals surface area contributed by atoms with Gasteiger partial charge in [0.25, 0.3) is 0 Å². The van der Waals surface area contributed by atoms with Gasteiger partial charge in [-0.3, -0.25) is 4.79 Å². The van der Waals surface area contributed by atoms with E-state index in [2.05, 4.69) is 34.9 Å². The first-order valence-corrected chi connectivity index (χ1v) is 6.17. The fourth-order valence-electron chi connectivity index (χ4n) is 3.40. The smallest absolute Gasteiger partial charge is 0.221 e. The molecular formula is C13H18N2O. The minimum Gasteiger partial charge on any atom is -0.350 e. The molecule has 16 heavy (non-hydrogen) atoms. The zero-order valence-electron chi connectivity index (χ0n) is 9.41. The lowest BCUT2D eigenvalue weighted by Crippen LogP contribution is -2.63. The molecule has 0 bridgehead atoms. The summed E-state index contributed by atoms with van der Waals surface area (Å²) in [7, 11) is 0. The topological polar surface area (TPSA) is 41.1 Å². The fourth-order valence-corrected chi connectivity index (χ4v) is 3.40. The molecule has 2 atom stereocenters. The van der Waals surface area contributed by atoms with E-state index in [-0.39, 0.29) is 11.4 Å². The Kier molecular flexibility index (Phi) is 2.36. The van der Waals surface area contributed by atoms with Gasteiger partial charge in [-0.2, -0.15) is 0 Å². The number of fused-ring (bicyclic) bond motifs is 2. The summed E-state index contributed by atoms with van der Waals surface area (Å²) in [4.78, 5) is 11.8. The molecule has 1 amide bonds. The predicted molar refractivity (Wildman–Crippen MR) is 62.9 cm³/mol. The molecular weight excluding hydrogens is 200 g/mol. The van der Waals surface area contributed by atoms with Crippen molar-refractivity contribution < 1.29 is 4.79 Å². The second kappa shape index (κ2) is 3.74. The van der Waals surface area contributed by atoms with Crippen molar-refractivity contribution in [2.24, 2.45) is 11.8 Å². The maximum Gasteiger partial charge on any atom is 0.221 e. The molecule has 3 rings (SSSR count). The summed E-state index contributed by atoms with van der Waals surface area (Å²) in [5.41, 5.74) is 0.0203. The fraction of sp³-hybridized carbons (Fsp3) is 0.615. The monoisotopic (exact) mass is 218 g/mol. The second-order valence-electron chi connectivity index (χ2n) is 5.12.